The van der Waals surface area contributed by atoms with Crippen molar-refractivity contribution in [2.45, 2.75) is 138 Å². The van der Waals surface area contributed by atoms with Gasteiger partial charge in [-0.25, -0.2) is 4.79 Å². The molecule has 0 spiro atoms. The number of nitrogens with one attached hydrogen (secondary N) is 3. The summed E-state index contributed by atoms with van der Waals surface area (Å²) in [6, 6.07) is -0.688. The van der Waals surface area contributed by atoms with Gasteiger partial charge in [0.15, 0.2) is 0 Å². The second-order valence-corrected chi connectivity index (χ2v) is 13.2. The zero-order valence-corrected chi connectivity index (χ0v) is 27.7. The Balaban J connectivity index is 4.90. The molecule has 0 aliphatic rings. The fourth-order valence-electron chi connectivity index (χ4n) is 4.63. The molecule has 2 atom stereocenters. The first-order chi connectivity index (χ1) is 19.2. The third kappa shape index (κ3) is 21.1. The number of carbonyl (C=O) groups excluding carboxylic acids is 4. The first-order valence-corrected chi connectivity index (χ1v) is 16.0. The highest BCUT2D eigenvalue weighted by molar-refractivity contribution is 5.85. The Bertz CT molecular complexity index is 764. The predicted octanol–water partition coefficient (Wildman–Crippen LogP) is 5.81. The molecule has 0 heterocycles. The third-order valence-electron chi connectivity index (χ3n) is 6.64. The van der Waals surface area contributed by atoms with E-state index < -0.39 is 17.7 Å². The maximum Gasteiger partial charge on any atom is 0.408 e. The van der Waals surface area contributed by atoms with E-state index in [2.05, 4.69) is 36.7 Å². The van der Waals surface area contributed by atoms with E-state index in [1.807, 2.05) is 25.7 Å². The average Bonchev–Trinajstić information content (AvgIpc) is 2.84. The molecular formula is C32H62N4O5. The summed E-state index contributed by atoms with van der Waals surface area (Å²) >= 11 is 0. The molecular weight excluding hydrogens is 520 g/mol. The summed E-state index contributed by atoms with van der Waals surface area (Å²) in [5.41, 5.74) is -0.649. The summed E-state index contributed by atoms with van der Waals surface area (Å²) < 4.78 is 5.33. The van der Waals surface area contributed by atoms with Gasteiger partial charge in [-0.05, 0) is 64.7 Å². The van der Waals surface area contributed by atoms with Gasteiger partial charge >= 0.3 is 6.09 Å². The largest absolute Gasteiger partial charge is 0.444 e. The van der Waals surface area contributed by atoms with E-state index in [4.69, 9.17) is 4.74 Å². The summed E-state index contributed by atoms with van der Waals surface area (Å²) in [5.74, 6) is 0.582. The number of hydrogen-bond acceptors (Lipinski definition) is 5. The van der Waals surface area contributed by atoms with Gasteiger partial charge in [0.25, 0.3) is 0 Å². The number of ether oxygens (including phenoxy) is 1. The highest BCUT2D eigenvalue weighted by atomic mass is 16.6. The molecule has 0 rings (SSSR count). The van der Waals surface area contributed by atoms with Crippen LogP contribution < -0.4 is 16.0 Å². The normalized spacial score (nSPS) is 13.0. The van der Waals surface area contributed by atoms with Gasteiger partial charge in [0.05, 0.1) is 0 Å². The highest BCUT2D eigenvalue weighted by Crippen LogP contribution is 2.12. The molecule has 0 saturated carbocycles. The SMILES string of the molecule is CCCCCCCC(=O)N(CCCNC(=O)[C@H](C)CC(C)C)CCCNC(=O)[C@@H](CC(C)C)NC(=O)OC(C)(C)C. The number of amides is 4. The number of hydrogen-bond donors (Lipinski definition) is 3. The van der Waals surface area contributed by atoms with E-state index in [1.165, 1.54) is 12.8 Å². The minimum atomic E-state index is -0.688. The molecule has 9 heteroatoms. The number of nitrogens with zero attached hydrogens (tertiary/aromatic N) is 1. The van der Waals surface area contributed by atoms with Crippen LogP contribution in [-0.2, 0) is 19.1 Å². The molecule has 41 heavy (non-hydrogen) atoms. The van der Waals surface area contributed by atoms with Crippen LogP contribution in [0, 0.1) is 17.8 Å². The highest BCUT2D eigenvalue weighted by Gasteiger charge is 2.25. The van der Waals surface area contributed by atoms with Crippen molar-refractivity contribution in [2.24, 2.45) is 17.8 Å². The van der Waals surface area contributed by atoms with Crippen LogP contribution in [0.25, 0.3) is 0 Å². The van der Waals surface area contributed by atoms with Gasteiger partial charge in [0.1, 0.15) is 11.6 Å². The summed E-state index contributed by atoms with van der Waals surface area (Å²) in [5, 5.41) is 8.63. The average molecular weight is 583 g/mol. The lowest BCUT2D eigenvalue weighted by molar-refractivity contribution is -0.131. The van der Waals surface area contributed by atoms with E-state index in [1.54, 1.807) is 20.8 Å². The van der Waals surface area contributed by atoms with Crippen LogP contribution in [-0.4, -0.2) is 66.5 Å². The molecule has 0 bridgehead atoms. The number of unbranched alkanes of at least 4 members (excludes halogenated alkanes) is 4. The number of alkyl carbamates (subject to hydrolysis) is 1. The summed E-state index contributed by atoms with van der Waals surface area (Å²) in [7, 11) is 0. The number of rotatable bonds is 21. The molecule has 0 aliphatic carbocycles. The quantitative estimate of drug-likeness (QED) is 0.148. The van der Waals surface area contributed by atoms with Gasteiger partial charge < -0.3 is 25.6 Å². The van der Waals surface area contributed by atoms with Crippen molar-refractivity contribution in [3.05, 3.63) is 0 Å². The Morgan fingerprint density at radius 3 is 1.78 bits per heavy atom. The van der Waals surface area contributed by atoms with Gasteiger partial charge in [-0.2, -0.15) is 0 Å². The van der Waals surface area contributed by atoms with Gasteiger partial charge in [-0.3, -0.25) is 14.4 Å². The zero-order valence-electron chi connectivity index (χ0n) is 27.7. The standard InChI is InChI=1S/C32H62N4O5/c1-10-11-12-13-14-17-28(37)36(20-15-18-33-29(38)26(6)22-24(2)3)21-16-19-34-30(39)27(23-25(4)5)35-31(40)41-32(7,8)9/h24-27H,10-23H2,1-9H3,(H,33,38)(H,34,39)(H,35,40)/t26-,27-/m1/s1. The van der Waals surface area contributed by atoms with Crippen LogP contribution in [0.5, 0.6) is 0 Å². The van der Waals surface area contributed by atoms with E-state index in [9.17, 15) is 19.2 Å². The lowest BCUT2D eigenvalue weighted by Gasteiger charge is -2.25. The van der Waals surface area contributed by atoms with Crippen LogP contribution in [0.2, 0.25) is 0 Å². The van der Waals surface area contributed by atoms with Crippen molar-refractivity contribution in [1.82, 2.24) is 20.9 Å². The van der Waals surface area contributed by atoms with Crippen LogP contribution >= 0.6 is 0 Å². The Morgan fingerprint density at radius 2 is 1.27 bits per heavy atom. The molecule has 4 amide bonds. The maximum absolute atomic E-state index is 13.0. The monoisotopic (exact) mass is 582 g/mol. The van der Waals surface area contributed by atoms with Crippen molar-refractivity contribution in [2.75, 3.05) is 26.2 Å². The zero-order chi connectivity index (χ0) is 31.4. The van der Waals surface area contributed by atoms with Crippen molar-refractivity contribution in [1.29, 1.82) is 0 Å². The van der Waals surface area contributed by atoms with E-state index in [0.29, 0.717) is 57.8 Å². The van der Waals surface area contributed by atoms with Crippen LogP contribution in [0.3, 0.4) is 0 Å². The molecule has 0 aromatic heterocycles. The van der Waals surface area contributed by atoms with Gasteiger partial charge in [-0.15, -0.1) is 0 Å². The summed E-state index contributed by atoms with van der Waals surface area (Å²) in [6.45, 7) is 19.7. The molecule has 0 fully saturated rings. The third-order valence-corrected chi connectivity index (χ3v) is 6.64. The molecule has 3 N–H and O–H groups in total. The van der Waals surface area contributed by atoms with Crippen LogP contribution in [0.1, 0.15) is 127 Å². The first kappa shape index (κ1) is 38.7. The topological polar surface area (TPSA) is 117 Å². The van der Waals surface area contributed by atoms with Gasteiger partial charge in [0.2, 0.25) is 17.7 Å². The van der Waals surface area contributed by atoms with E-state index in [0.717, 1.165) is 25.7 Å². The van der Waals surface area contributed by atoms with Gasteiger partial charge in [0, 0.05) is 38.5 Å². The molecule has 240 valence electrons. The van der Waals surface area contributed by atoms with Crippen molar-refractivity contribution in [3.63, 3.8) is 0 Å². The summed E-state index contributed by atoms with van der Waals surface area (Å²) in [6.07, 6.45) is 7.97. The smallest absolute Gasteiger partial charge is 0.408 e. The fourth-order valence-corrected chi connectivity index (χ4v) is 4.63. The molecule has 0 saturated heterocycles. The molecule has 0 unspecified atom stereocenters. The Kier molecular flexibility index (Phi) is 20.2. The minimum absolute atomic E-state index is 0.0243. The second kappa shape index (κ2) is 21.4. The predicted molar refractivity (Wildman–Crippen MR) is 166 cm³/mol. The van der Waals surface area contributed by atoms with E-state index in [-0.39, 0.29) is 29.6 Å². The lowest BCUT2D eigenvalue weighted by Crippen LogP contribution is -2.49. The van der Waals surface area contributed by atoms with Crippen molar-refractivity contribution >= 4 is 23.8 Å². The molecule has 0 aromatic rings. The van der Waals surface area contributed by atoms with Crippen LogP contribution in [0.4, 0.5) is 4.79 Å². The fraction of sp³-hybridized carbons (Fsp3) is 0.875. The molecule has 0 radical (unpaired) electrons. The van der Waals surface area contributed by atoms with Crippen molar-refractivity contribution < 1.29 is 23.9 Å². The first-order valence-electron chi connectivity index (χ1n) is 16.0. The van der Waals surface area contributed by atoms with Gasteiger partial charge in [-0.1, -0.05) is 67.2 Å². The van der Waals surface area contributed by atoms with Crippen LogP contribution in [0.15, 0.2) is 0 Å². The summed E-state index contributed by atoms with van der Waals surface area (Å²) in [4.78, 5) is 52.4. The number of carbonyl (C=O) groups is 4. The Labute approximate surface area is 250 Å². The second-order valence-electron chi connectivity index (χ2n) is 13.2. The van der Waals surface area contributed by atoms with E-state index >= 15 is 0 Å². The Hall–Kier alpha value is -2.32. The lowest BCUT2D eigenvalue weighted by atomic mass is 9.98. The maximum atomic E-state index is 13.0. The molecule has 9 nitrogen and oxygen atoms in total. The molecule has 0 aliphatic heterocycles. The Morgan fingerprint density at radius 1 is 0.732 bits per heavy atom. The van der Waals surface area contributed by atoms with Crippen molar-refractivity contribution in [3.8, 4) is 0 Å². The minimum Gasteiger partial charge on any atom is -0.444 e. The molecule has 0 aromatic carbocycles.